The van der Waals surface area contributed by atoms with Crippen LogP contribution in [0.2, 0.25) is 0 Å². The summed E-state index contributed by atoms with van der Waals surface area (Å²) in [5, 5.41) is 6.84. The van der Waals surface area contributed by atoms with E-state index < -0.39 is 0 Å². The van der Waals surface area contributed by atoms with E-state index in [1.165, 1.54) is 43.4 Å². The average molecular weight is 474 g/mol. The fourth-order valence-electron chi connectivity index (χ4n) is 3.54. The number of rotatable bonds is 8. The third-order valence-corrected chi connectivity index (χ3v) is 4.90. The molecule has 1 aliphatic rings. The predicted octanol–water partition coefficient (Wildman–Crippen LogP) is 3.38. The van der Waals surface area contributed by atoms with Crippen LogP contribution in [-0.2, 0) is 17.9 Å². The van der Waals surface area contributed by atoms with Gasteiger partial charge in [-0.2, -0.15) is 0 Å². The van der Waals surface area contributed by atoms with Gasteiger partial charge in [0.25, 0.3) is 0 Å². The molecule has 0 spiro atoms. The molecule has 1 saturated heterocycles. The van der Waals surface area contributed by atoms with Crippen LogP contribution in [0.4, 0.5) is 0 Å². The minimum atomic E-state index is 0. The highest BCUT2D eigenvalue weighted by Crippen LogP contribution is 2.18. The van der Waals surface area contributed by atoms with Gasteiger partial charge in [0.05, 0.1) is 6.61 Å². The fourth-order valence-corrected chi connectivity index (χ4v) is 3.54. The zero-order valence-corrected chi connectivity index (χ0v) is 18.8. The average Bonchev–Trinajstić information content (AvgIpc) is 2.65. The summed E-state index contributed by atoms with van der Waals surface area (Å²) in [6, 6.07) is 9.21. The van der Waals surface area contributed by atoms with Crippen molar-refractivity contribution >= 4 is 29.9 Å². The summed E-state index contributed by atoms with van der Waals surface area (Å²) < 4.78 is 5.20. The molecule has 148 valence electrons. The van der Waals surface area contributed by atoms with E-state index in [0.717, 1.165) is 31.6 Å². The van der Waals surface area contributed by atoms with Crippen LogP contribution in [0.15, 0.2) is 29.3 Å². The van der Waals surface area contributed by atoms with Gasteiger partial charge in [-0.15, -0.1) is 24.0 Å². The highest BCUT2D eigenvalue weighted by Gasteiger charge is 2.19. The number of aliphatic imine (C=N–C) groups is 1. The van der Waals surface area contributed by atoms with Crippen LogP contribution in [-0.4, -0.2) is 50.7 Å². The largest absolute Gasteiger partial charge is 0.380 e. The molecule has 0 aromatic heterocycles. The molecule has 1 atom stereocenters. The van der Waals surface area contributed by atoms with Crippen molar-refractivity contribution in [3.63, 3.8) is 0 Å². The first-order valence-corrected chi connectivity index (χ1v) is 9.52. The summed E-state index contributed by atoms with van der Waals surface area (Å²) >= 11 is 0. The van der Waals surface area contributed by atoms with Crippen LogP contribution in [0.1, 0.15) is 43.7 Å². The smallest absolute Gasteiger partial charge is 0.191 e. The Morgan fingerprint density at radius 2 is 2.08 bits per heavy atom. The van der Waals surface area contributed by atoms with Crippen molar-refractivity contribution in [1.29, 1.82) is 0 Å². The number of benzene rings is 1. The normalized spacial score (nSPS) is 18.3. The Bertz CT molecular complexity index is 538. The second-order valence-electron chi connectivity index (χ2n) is 6.70. The first-order valence-electron chi connectivity index (χ1n) is 9.52. The van der Waals surface area contributed by atoms with Crippen LogP contribution in [0.3, 0.4) is 0 Å². The maximum atomic E-state index is 5.20. The first-order chi connectivity index (χ1) is 12.3. The molecule has 1 fully saturated rings. The Morgan fingerprint density at radius 1 is 1.27 bits per heavy atom. The number of piperidine rings is 1. The molecule has 0 saturated carbocycles. The van der Waals surface area contributed by atoms with Gasteiger partial charge in [0.2, 0.25) is 0 Å². The molecule has 1 aromatic rings. The Morgan fingerprint density at radius 3 is 2.81 bits per heavy atom. The first kappa shape index (κ1) is 23.2. The molecule has 2 N–H and O–H groups in total. The van der Waals surface area contributed by atoms with Gasteiger partial charge >= 0.3 is 0 Å². The standard InChI is InChI=1S/C20H34N4O.HI/c1-4-19-10-5-6-12-24(19)13-11-22-20(21-2)23-15-17-8-7-9-18(14-17)16-25-3;/h7-9,14,19H,4-6,10-13,15-16H2,1-3H3,(H2,21,22,23);1H. The molecule has 1 unspecified atom stereocenters. The van der Waals surface area contributed by atoms with Crippen LogP contribution < -0.4 is 10.6 Å². The maximum Gasteiger partial charge on any atom is 0.191 e. The molecule has 0 radical (unpaired) electrons. The van der Waals surface area contributed by atoms with Crippen LogP contribution in [0.5, 0.6) is 0 Å². The van der Waals surface area contributed by atoms with Crippen molar-refractivity contribution in [3.05, 3.63) is 35.4 Å². The highest BCUT2D eigenvalue weighted by molar-refractivity contribution is 14.0. The quantitative estimate of drug-likeness (QED) is 0.345. The zero-order valence-electron chi connectivity index (χ0n) is 16.5. The summed E-state index contributed by atoms with van der Waals surface area (Å²) in [7, 11) is 3.55. The van der Waals surface area contributed by atoms with Crippen molar-refractivity contribution in [2.24, 2.45) is 4.99 Å². The SMILES string of the molecule is CCC1CCCCN1CCNC(=NC)NCc1cccc(COC)c1.I. The Balaban J connectivity index is 0.00000338. The summed E-state index contributed by atoms with van der Waals surface area (Å²) in [4.78, 5) is 6.96. The lowest BCUT2D eigenvalue weighted by atomic mass is 10.0. The summed E-state index contributed by atoms with van der Waals surface area (Å²) in [5.74, 6) is 0.863. The highest BCUT2D eigenvalue weighted by atomic mass is 127. The van der Waals surface area contributed by atoms with Crippen molar-refractivity contribution in [2.45, 2.75) is 51.8 Å². The minimum Gasteiger partial charge on any atom is -0.380 e. The molecule has 1 aliphatic heterocycles. The third-order valence-electron chi connectivity index (χ3n) is 4.90. The number of nitrogens with zero attached hydrogens (tertiary/aromatic N) is 2. The lowest BCUT2D eigenvalue weighted by molar-refractivity contribution is 0.147. The van der Waals surface area contributed by atoms with E-state index in [2.05, 4.69) is 51.7 Å². The van der Waals surface area contributed by atoms with Gasteiger partial charge in [-0.05, 0) is 36.9 Å². The molecular formula is C20H35IN4O. The molecule has 1 aromatic carbocycles. The number of likely N-dealkylation sites (tertiary alicyclic amines) is 1. The van der Waals surface area contributed by atoms with E-state index in [-0.39, 0.29) is 24.0 Å². The predicted molar refractivity (Wildman–Crippen MR) is 120 cm³/mol. The Kier molecular flexibility index (Phi) is 11.9. The topological polar surface area (TPSA) is 48.9 Å². The number of hydrogen-bond donors (Lipinski definition) is 2. The number of halogens is 1. The van der Waals surface area contributed by atoms with Gasteiger partial charge in [-0.3, -0.25) is 9.89 Å². The van der Waals surface area contributed by atoms with Gasteiger partial charge in [-0.1, -0.05) is 37.6 Å². The van der Waals surface area contributed by atoms with E-state index in [9.17, 15) is 0 Å². The van der Waals surface area contributed by atoms with Crippen LogP contribution in [0.25, 0.3) is 0 Å². The molecule has 0 aliphatic carbocycles. The lowest BCUT2D eigenvalue weighted by Gasteiger charge is -2.35. The molecule has 6 heteroatoms. The fraction of sp³-hybridized carbons (Fsp3) is 0.650. The number of methoxy groups -OCH3 is 1. The van der Waals surface area contributed by atoms with Gasteiger partial charge in [-0.25, -0.2) is 0 Å². The molecule has 0 amide bonds. The summed E-state index contributed by atoms with van der Waals surface area (Å²) in [5.41, 5.74) is 2.43. The molecule has 2 rings (SSSR count). The number of hydrogen-bond acceptors (Lipinski definition) is 3. The molecular weight excluding hydrogens is 439 g/mol. The van der Waals surface area contributed by atoms with E-state index in [0.29, 0.717) is 6.61 Å². The van der Waals surface area contributed by atoms with Gasteiger partial charge < -0.3 is 15.4 Å². The molecule has 5 nitrogen and oxygen atoms in total. The summed E-state index contributed by atoms with van der Waals surface area (Å²) in [6.07, 6.45) is 5.32. The van der Waals surface area contributed by atoms with E-state index in [1.54, 1.807) is 7.11 Å². The third kappa shape index (κ3) is 7.80. The van der Waals surface area contributed by atoms with Gasteiger partial charge in [0, 0.05) is 39.8 Å². The van der Waals surface area contributed by atoms with Crippen LogP contribution in [0, 0.1) is 0 Å². The van der Waals surface area contributed by atoms with Crippen molar-refractivity contribution in [2.75, 3.05) is 33.8 Å². The Hall–Kier alpha value is -0.860. The molecule has 1 heterocycles. The maximum absolute atomic E-state index is 5.20. The van der Waals surface area contributed by atoms with Crippen LogP contribution >= 0.6 is 24.0 Å². The van der Waals surface area contributed by atoms with Crippen molar-refractivity contribution < 1.29 is 4.74 Å². The molecule has 26 heavy (non-hydrogen) atoms. The van der Waals surface area contributed by atoms with E-state index in [1.807, 2.05) is 7.05 Å². The monoisotopic (exact) mass is 474 g/mol. The second-order valence-corrected chi connectivity index (χ2v) is 6.70. The van der Waals surface area contributed by atoms with Crippen molar-refractivity contribution in [1.82, 2.24) is 15.5 Å². The van der Waals surface area contributed by atoms with Gasteiger partial charge in [0.1, 0.15) is 0 Å². The van der Waals surface area contributed by atoms with E-state index in [4.69, 9.17) is 4.74 Å². The summed E-state index contributed by atoms with van der Waals surface area (Å²) in [6.45, 7) is 6.96. The number of ether oxygens (including phenoxy) is 1. The van der Waals surface area contributed by atoms with Gasteiger partial charge in [0.15, 0.2) is 5.96 Å². The zero-order chi connectivity index (χ0) is 17.9. The minimum absolute atomic E-state index is 0. The Labute approximate surface area is 176 Å². The lowest BCUT2D eigenvalue weighted by Crippen LogP contribution is -2.45. The second kappa shape index (κ2) is 13.3. The van der Waals surface area contributed by atoms with E-state index >= 15 is 0 Å². The number of nitrogens with one attached hydrogen (secondary N) is 2. The number of guanidine groups is 1. The van der Waals surface area contributed by atoms with Crippen molar-refractivity contribution in [3.8, 4) is 0 Å². The molecule has 0 bridgehead atoms.